The molecule has 1 amide bonds. The van der Waals surface area contributed by atoms with Gasteiger partial charge in [-0.25, -0.2) is 4.79 Å². The zero-order valence-electron chi connectivity index (χ0n) is 16.9. The second-order valence-electron chi connectivity index (χ2n) is 6.59. The number of aromatic nitrogens is 1. The zero-order valence-corrected chi connectivity index (χ0v) is 20.1. The molecule has 0 N–H and O–H groups in total. The topological polar surface area (TPSA) is 60.7 Å². The van der Waals surface area contributed by atoms with Gasteiger partial charge in [-0.3, -0.25) is 4.79 Å². The summed E-state index contributed by atoms with van der Waals surface area (Å²) >= 11 is 10.9. The molecule has 0 aliphatic carbocycles. The molecule has 160 valence electrons. The number of benzene rings is 2. The quantitative estimate of drug-likeness (QED) is 0.318. The number of ether oxygens (including phenoxy) is 1. The predicted molar refractivity (Wildman–Crippen MR) is 131 cm³/mol. The van der Waals surface area contributed by atoms with Crippen LogP contribution < -0.4 is 4.80 Å². The van der Waals surface area contributed by atoms with E-state index < -0.39 is 0 Å². The number of thioether (sulfide) groups is 1. The lowest BCUT2D eigenvalue weighted by Gasteiger charge is -2.05. The number of carbonyl (C=O) groups is 2. The minimum Gasteiger partial charge on any atom is -0.462 e. The van der Waals surface area contributed by atoms with Gasteiger partial charge in [0, 0.05) is 22.4 Å². The number of nitrogens with zero attached hydrogens (tertiary/aromatic N) is 2. The van der Waals surface area contributed by atoms with Crippen molar-refractivity contribution in [2.24, 2.45) is 4.99 Å². The largest absolute Gasteiger partial charge is 0.462 e. The van der Waals surface area contributed by atoms with Crippen LogP contribution in [0.25, 0.3) is 20.3 Å². The van der Waals surface area contributed by atoms with E-state index in [2.05, 4.69) is 4.99 Å². The Kier molecular flexibility index (Phi) is 6.81. The van der Waals surface area contributed by atoms with Crippen LogP contribution in [0, 0.1) is 0 Å². The molecule has 4 aromatic rings. The summed E-state index contributed by atoms with van der Waals surface area (Å²) in [6.07, 6.45) is 2.03. The molecule has 0 saturated carbocycles. The highest BCUT2D eigenvalue weighted by atomic mass is 35.5. The second-order valence-corrected chi connectivity index (χ2v) is 10.0. The molecule has 0 saturated heterocycles. The molecule has 0 atom stereocenters. The van der Waals surface area contributed by atoms with Crippen LogP contribution in [0.5, 0.6) is 0 Å². The third kappa shape index (κ3) is 4.43. The SMILES string of the molecule is CCOC(=O)c1ccc2c(c1)sc(=NC(=O)c1sc3ccccc3c1Cl)n2CCSC. The van der Waals surface area contributed by atoms with Crippen molar-refractivity contribution in [2.45, 2.75) is 13.5 Å². The molecule has 0 fully saturated rings. The van der Waals surface area contributed by atoms with Crippen LogP contribution in [0.15, 0.2) is 47.5 Å². The number of rotatable bonds is 6. The van der Waals surface area contributed by atoms with Gasteiger partial charge in [-0.2, -0.15) is 16.8 Å². The third-order valence-electron chi connectivity index (χ3n) is 4.64. The zero-order chi connectivity index (χ0) is 22.0. The molecular formula is C22H19ClN2O3S3. The van der Waals surface area contributed by atoms with Crippen LogP contribution in [0.2, 0.25) is 5.02 Å². The van der Waals surface area contributed by atoms with Crippen LogP contribution in [-0.4, -0.2) is 35.1 Å². The number of esters is 1. The summed E-state index contributed by atoms with van der Waals surface area (Å²) in [5.41, 5.74) is 1.42. The molecule has 31 heavy (non-hydrogen) atoms. The van der Waals surface area contributed by atoms with Crippen LogP contribution in [-0.2, 0) is 11.3 Å². The second kappa shape index (κ2) is 9.56. The molecule has 0 unspecified atom stereocenters. The summed E-state index contributed by atoms with van der Waals surface area (Å²) in [5.74, 6) is 0.151. The molecular weight excluding hydrogens is 472 g/mol. The molecule has 2 aromatic carbocycles. The number of thiophene rings is 1. The van der Waals surface area contributed by atoms with Crippen molar-refractivity contribution in [2.75, 3.05) is 18.6 Å². The number of hydrogen-bond donors (Lipinski definition) is 0. The van der Waals surface area contributed by atoms with E-state index in [1.807, 2.05) is 41.2 Å². The Morgan fingerprint density at radius 3 is 2.71 bits per heavy atom. The van der Waals surface area contributed by atoms with Gasteiger partial charge in [-0.1, -0.05) is 41.1 Å². The maximum absolute atomic E-state index is 13.0. The Morgan fingerprint density at radius 2 is 1.97 bits per heavy atom. The Bertz CT molecular complexity index is 1350. The third-order valence-corrected chi connectivity index (χ3v) is 7.93. The van der Waals surface area contributed by atoms with Crippen molar-refractivity contribution >= 4 is 78.2 Å². The van der Waals surface area contributed by atoms with Gasteiger partial charge in [-0.15, -0.1) is 11.3 Å². The lowest BCUT2D eigenvalue weighted by molar-refractivity contribution is 0.0526. The molecule has 0 radical (unpaired) electrons. The molecule has 0 bridgehead atoms. The lowest BCUT2D eigenvalue weighted by atomic mass is 10.2. The van der Waals surface area contributed by atoms with Gasteiger partial charge in [-0.05, 0) is 37.4 Å². The fraction of sp³-hybridized carbons (Fsp3) is 0.227. The van der Waals surface area contributed by atoms with Gasteiger partial charge in [0.15, 0.2) is 4.80 Å². The van der Waals surface area contributed by atoms with Crippen molar-refractivity contribution in [3.8, 4) is 0 Å². The van der Waals surface area contributed by atoms with E-state index in [1.54, 1.807) is 30.8 Å². The Labute approximate surface area is 196 Å². The van der Waals surface area contributed by atoms with Crippen LogP contribution in [0.3, 0.4) is 0 Å². The highest BCUT2D eigenvalue weighted by Crippen LogP contribution is 2.35. The highest BCUT2D eigenvalue weighted by Gasteiger charge is 2.18. The van der Waals surface area contributed by atoms with Gasteiger partial charge in [0.25, 0.3) is 5.91 Å². The maximum atomic E-state index is 13.0. The number of fused-ring (bicyclic) bond motifs is 2. The van der Waals surface area contributed by atoms with Crippen molar-refractivity contribution in [3.05, 3.63) is 62.7 Å². The number of aryl methyl sites for hydroxylation is 1. The Morgan fingerprint density at radius 1 is 1.16 bits per heavy atom. The molecule has 9 heteroatoms. The van der Waals surface area contributed by atoms with Gasteiger partial charge in [0.2, 0.25) is 0 Å². The fourth-order valence-electron chi connectivity index (χ4n) is 3.19. The Balaban J connectivity index is 1.81. The Hall–Kier alpha value is -2.13. The first-order valence-electron chi connectivity index (χ1n) is 9.59. The van der Waals surface area contributed by atoms with Crippen molar-refractivity contribution in [3.63, 3.8) is 0 Å². The number of carbonyl (C=O) groups excluding carboxylic acids is 2. The molecule has 0 aliphatic heterocycles. The summed E-state index contributed by atoms with van der Waals surface area (Å²) < 4.78 is 8.96. The van der Waals surface area contributed by atoms with Crippen molar-refractivity contribution < 1.29 is 14.3 Å². The lowest BCUT2D eigenvalue weighted by Crippen LogP contribution is -2.18. The van der Waals surface area contributed by atoms with Crippen LogP contribution >= 0.6 is 46.0 Å². The normalized spacial score (nSPS) is 12.0. The summed E-state index contributed by atoms with van der Waals surface area (Å²) in [7, 11) is 0. The number of hydrogen-bond acceptors (Lipinski definition) is 6. The standard InChI is InChI=1S/C22H19ClN2O3S3/c1-3-28-21(27)13-8-9-15-17(12-13)31-22(25(15)10-11-29-2)24-20(26)19-18(23)14-6-4-5-7-16(14)30-19/h4-9,12H,3,10-11H2,1-2H3. The molecule has 0 spiro atoms. The summed E-state index contributed by atoms with van der Waals surface area (Å²) in [4.78, 5) is 30.6. The van der Waals surface area contributed by atoms with E-state index in [4.69, 9.17) is 16.3 Å². The molecule has 4 rings (SSSR count). The van der Waals surface area contributed by atoms with Gasteiger partial charge in [0.05, 0.1) is 27.4 Å². The van der Waals surface area contributed by atoms with Gasteiger partial charge >= 0.3 is 5.97 Å². The molecule has 0 aliphatic rings. The van der Waals surface area contributed by atoms with E-state index in [0.717, 1.165) is 26.1 Å². The molecule has 5 nitrogen and oxygen atoms in total. The number of halogens is 1. The highest BCUT2D eigenvalue weighted by molar-refractivity contribution is 7.98. The summed E-state index contributed by atoms with van der Waals surface area (Å²) in [6, 6.07) is 13.1. The van der Waals surface area contributed by atoms with E-state index in [0.29, 0.717) is 33.4 Å². The summed E-state index contributed by atoms with van der Waals surface area (Å²) in [6.45, 7) is 2.80. The van der Waals surface area contributed by atoms with Crippen LogP contribution in [0.4, 0.5) is 0 Å². The van der Waals surface area contributed by atoms with E-state index >= 15 is 0 Å². The number of thiazole rings is 1. The summed E-state index contributed by atoms with van der Waals surface area (Å²) in [5, 5.41) is 1.30. The first kappa shape index (κ1) is 22.1. The average molecular weight is 491 g/mol. The van der Waals surface area contributed by atoms with E-state index in [9.17, 15) is 9.59 Å². The monoisotopic (exact) mass is 490 g/mol. The molecule has 2 aromatic heterocycles. The van der Waals surface area contributed by atoms with Crippen molar-refractivity contribution in [1.29, 1.82) is 0 Å². The maximum Gasteiger partial charge on any atom is 0.338 e. The first-order valence-corrected chi connectivity index (χ1v) is 13.0. The van der Waals surface area contributed by atoms with E-state index in [1.165, 1.54) is 22.7 Å². The smallest absolute Gasteiger partial charge is 0.338 e. The van der Waals surface area contributed by atoms with E-state index in [-0.39, 0.29) is 11.9 Å². The predicted octanol–water partition coefficient (Wildman–Crippen LogP) is 5.85. The average Bonchev–Trinajstić information content (AvgIpc) is 3.29. The van der Waals surface area contributed by atoms with Crippen LogP contribution in [0.1, 0.15) is 27.0 Å². The number of amides is 1. The van der Waals surface area contributed by atoms with Gasteiger partial charge in [0.1, 0.15) is 4.88 Å². The first-order chi connectivity index (χ1) is 15.0. The van der Waals surface area contributed by atoms with Crippen molar-refractivity contribution in [1.82, 2.24) is 4.57 Å². The minimum absolute atomic E-state index is 0.319. The fourth-order valence-corrected chi connectivity index (χ4v) is 6.04. The minimum atomic E-state index is -0.361. The molecule has 2 heterocycles. The van der Waals surface area contributed by atoms with Gasteiger partial charge < -0.3 is 9.30 Å².